The van der Waals surface area contributed by atoms with Crippen molar-refractivity contribution in [2.45, 2.75) is 34.3 Å². The molecule has 10 heavy (non-hydrogen) atoms. The van der Waals surface area contributed by atoms with Gasteiger partial charge in [0.1, 0.15) is 0 Å². The van der Waals surface area contributed by atoms with Gasteiger partial charge >= 0.3 is 0 Å². The minimum Gasteiger partial charge on any atom is -0.120 e. The first-order chi connectivity index (χ1) is 4.55. The molecule has 1 aliphatic rings. The van der Waals surface area contributed by atoms with Gasteiger partial charge in [-0.1, -0.05) is 29.6 Å². The third kappa shape index (κ3) is 1.66. The second kappa shape index (κ2) is 3.26. The molecule has 0 aromatic heterocycles. The lowest BCUT2D eigenvalue weighted by molar-refractivity contribution is 0.492. The van der Waals surface area contributed by atoms with Gasteiger partial charge < -0.3 is 0 Å². The van der Waals surface area contributed by atoms with Crippen LogP contribution in [0.25, 0.3) is 0 Å². The van der Waals surface area contributed by atoms with E-state index in [9.17, 15) is 0 Å². The highest BCUT2D eigenvalue weighted by Crippen LogP contribution is 2.43. The monoisotopic (exact) mass is 220 g/mol. The maximum absolute atomic E-state index is 5.87. The minimum absolute atomic E-state index is 0.202. The second-order valence-electron chi connectivity index (χ2n) is 2.54. The van der Waals surface area contributed by atoms with Gasteiger partial charge in [-0.3, -0.25) is 0 Å². The lowest BCUT2D eigenvalue weighted by atomic mass is 9.99. The normalized spacial score (nSPS) is 39.6. The van der Waals surface area contributed by atoms with Crippen LogP contribution >= 0.6 is 46.4 Å². The molecule has 0 radical (unpaired) electrons. The molecule has 0 unspecified atom stereocenters. The highest BCUT2D eigenvalue weighted by atomic mass is 35.5. The van der Waals surface area contributed by atoms with Gasteiger partial charge in [-0.25, -0.2) is 0 Å². The third-order valence-corrected chi connectivity index (χ3v) is 4.38. The zero-order valence-electron chi connectivity index (χ0n) is 5.29. The number of halogens is 4. The van der Waals surface area contributed by atoms with E-state index in [0.29, 0.717) is 0 Å². The molecular weight excluding hydrogens is 214 g/mol. The molecule has 60 valence electrons. The molecule has 0 heterocycles. The first kappa shape index (κ1) is 9.25. The van der Waals surface area contributed by atoms with Crippen LogP contribution in [0.4, 0.5) is 0 Å². The van der Waals surface area contributed by atoms with Crippen molar-refractivity contribution >= 4 is 46.4 Å². The van der Waals surface area contributed by atoms with E-state index in [4.69, 9.17) is 46.4 Å². The Balaban J connectivity index is 2.63. The zero-order valence-corrected chi connectivity index (χ0v) is 8.31. The summed E-state index contributed by atoms with van der Waals surface area (Å²) >= 11 is 23.5. The van der Waals surface area contributed by atoms with E-state index in [1.165, 1.54) is 0 Å². The predicted molar refractivity (Wildman–Crippen MR) is 47.6 cm³/mol. The van der Waals surface area contributed by atoms with Crippen molar-refractivity contribution in [1.29, 1.82) is 0 Å². The summed E-state index contributed by atoms with van der Waals surface area (Å²) in [6.45, 7) is 0. The molecule has 0 nitrogen and oxygen atoms in total. The van der Waals surface area contributed by atoms with E-state index >= 15 is 0 Å². The maximum atomic E-state index is 5.87. The molecule has 1 aliphatic carbocycles. The molecular formula is C6H8Cl4. The Hall–Kier alpha value is 1.16. The van der Waals surface area contributed by atoms with Crippen LogP contribution in [0.15, 0.2) is 0 Å². The number of rotatable bonds is 0. The van der Waals surface area contributed by atoms with Crippen LogP contribution in [0.1, 0.15) is 19.3 Å². The van der Waals surface area contributed by atoms with E-state index in [0.717, 1.165) is 19.3 Å². The summed E-state index contributed by atoms with van der Waals surface area (Å²) in [5, 5.41) is -0.404. The summed E-state index contributed by atoms with van der Waals surface area (Å²) in [5.74, 6) is 0. The second-order valence-corrected chi connectivity index (χ2v) is 5.04. The molecule has 0 amide bonds. The van der Waals surface area contributed by atoms with E-state index < -0.39 is 4.33 Å². The van der Waals surface area contributed by atoms with Crippen molar-refractivity contribution in [3.63, 3.8) is 0 Å². The first-order valence-electron chi connectivity index (χ1n) is 3.21. The van der Waals surface area contributed by atoms with Crippen molar-refractivity contribution in [3.05, 3.63) is 0 Å². The van der Waals surface area contributed by atoms with E-state index in [2.05, 4.69) is 0 Å². The Kier molecular flexibility index (Phi) is 3.02. The molecule has 0 saturated heterocycles. The van der Waals surface area contributed by atoms with Crippen LogP contribution in [-0.4, -0.2) is 15.1 Å². The van der Waals surface area contributed by atoms with Gasteiger partial charge in [-0.05, 0) is 12.8 Å². The SMILES string of the molecule is Cl[C@@H]1CCC[C@H](Cl)C1(Cl)Cl. The molecule has 0 aromatic rings. The lowest BCUT2D eigenvalue weighted by Gasteiger charge is -2.34. The van der Waals surface area contributed by atoms with Gasteiger partial charge in [0.15, 0.2) is 4.33 Å². The van der Waals surface area contributed by atoms with Gasteiger partial charge in [0, 0.05) is 0 Å². The summed E-state index contributed by atoms with van der Waals surface area (Å²) in [6, 6.07) is 0. The van der Waals surface area contributed by atoms with Crippen LogP contribution < -0.4 is 0 Å². The summed E-state index contributed by atoms with van der Waals surface area (Å²) in [7, 11) is 0. The Morgan fingerprint density at radius 1 is 1.00 bits per heavy atom. The molecule has 0 N–H and O–H groups in total. The van der Waals surface area contributed by atoms with E-state index in [1.54, 1.807) is 0 Å². The predicted octanol–water partition coefficient (Wildman–Crippen LogP) is 3.56. The molecule has 0 aliphatic heterocycles. The molecule has 0 bridgehead atoms. The minimum atomic E-state index is -0.929. The Bertz CT molecular complexity index is 111. The van der Waals surface area contributed by atoms with Crippen molar-refractivity contribution in [1.82, 2.24) is 0 Å². The topological polar surface area (TPSA) is 0 Å². The molecule has 1 saturated carbocycles. The largest absolute Gasteiger partial charge is 0.150 e. The smallest absolute Gasteiger partial charge is 0.120 e. The molecule has 1 fully saturated rings. The van der Waals surface area contributed by atoms with E-state index in [-0.39, 0.29) is 10.8 Å². The number of alkyl halides is 4. The van der Waals surface area contributed by atoms with Gasteiger partial charge in [0.05, 0.1) is 10.8 Å². The van der Waals surface area contributed by atoms with Gasteiger partial charge in [-0.15, -0.1) is 23.2 Å². The van der Waals surface area contributed by atoms with Crippen molar-refractivity contribution in [2.75, 3.05) is 0 Å². The van der Waals surface area contributed by atoms with Gasteiger partial charge in [0.2, 0.25) is 0 Å². The fourth-order valence-electron chi connectivity index (χ4n) is 1.06. The molecule has 4 heteroatoms. The van der Waals surface area contributed by atoms with Gasteiger partial charge in [-0.2, -0.15) is 0 Å². The standard InChI is InChI=1S/C6H8Cl4/c7-4-2-1-3-5(8)6(4,9)10/h4-5H,1-3H2/t4-,5+. The van der Waals surface area contributed by atoms with Gasteiger partial charge in [0.25, 0.3) is 0 Å². The summed E-state index contributed by atoms with van der Waals surface area (Å²) in [4.78, 5) is 0. The van der Waals surface area contributed by atoms with Crippen molar-refractivity contribution in [2.24, 2.45) is 0 Å². The highest BCUT2D eigenvalue weighted by molar-refractivity contribution is 6.55. The quantitative estimate of drug-likeness (QED) is 0.549. The zero-order chi connectivity index (χ0) is 7.78. The highest BCUT2D eigenvalue weighted by Gasteiger charge is 2.43. The van der Waals surface area contributed by atoms with E-state index in [1.807, 2.05) is 0 Å². The number of hydrogen-bond acceptors (Lipinski definition) is 0. The van der Waals surface area contributed by atoms with Crippen LogP contribution in [-0.2, 0) is 0 Å². The summed E-state index contributed by atoms with van der Waals surface area (Å²) in [5.41, 5.74) is 0. The number of hydrogen-bond donors (Lipinski definition) is 0. The van der Waals surface area contributed by atoms with Crippen molar-refractivity contribution < 1.29 is 0 Å². The third-order valence-electron chi connectivity index (χ3n) is 1.75. The summed E-state index contributed by atoms with van der Waals surface area (Å²) in [6.07, 6.45) is 2.74. The molecule has 2 atom stereocenters. The average molecular weight is 222 g/mol. The van der Waals surface area contributed by atoms with Crippen molar-refractivity contribution in [3.8, 4) is 0 Å². The van der Waals surface area contributed by atoms with Crippen LogP contribution in [0.3, 0.4) is 0 Å². The molecule has 1 rings (SSSR count). The summed E-state index contributed by atoms with van der Waals surface area (Å²) < 4.78 is -0.929. The Morgan fingerprint density at radius 2 is 1.40 bits per heavy atom. The maximum Gasteiger partial charge on any atom is 0.150 e. The fourth-order valence-corrected chi connectivity index (χ4v) is 2.17. The van der Waals surface area contributed by atoms with Crippen LogP contribution in [0.5, 0.6) is 0 Å². The lowest BCUT2D eigenvalue weighted by Crippen LogP contribution is -2.39. The average Bonchev–Trinajstić information content (AvgIpc) is 1.84. The Labute approximate surface area is 80.8 Å². The first-order valence-corrected chi connectivity index (χ1v) is 4.84. The molecule has 0 spiro atoms. The fraction of sp³-hybridized carbons (Fsp3) is 1.00. The van der Waals surface area contributed by atoms with Crippen LogP contribution in [0, 0.1) is 0 Å². The van der Waals surface area contributed by atoms with Crippen LogP contribution in [0.2, 0.25) is 0 Å². The Morgan fingerprint density at radius 3 is 1.70 bits per heavy atom. The molecule has 0 aromatic carbocycles.